The number of carbonyl (C=O) groups is 1. The van der Waals surface area contributed by atoms with E-state index in [0.717, 1.165) is 59.7 Å². The molecule has 1 aromatic carbocycles. The summed E-state index contributed by atoms with van der Waals surface area (Å²) < 4.78 is 5.74. The number of hydrogen-bond acceptors (Lipinski definition) is 3. The van der Waals surface area contributed by atoms with Crippen LogP contribution in [0.2, 0.25) is 0 Å². The minimum absolute atomic E-state index is 0.124. The number of oxazole rings is 1. The van der Waals surface area contributed by atoms with Gasteiger partial charge in [-0.1, -0.05) is 6.07 Å². The maximum atomic E-state index is 13.2. The fraction of sp³-hybridized carbons (Fsp3) is 0.545. The molecule has 0 radical (unpaired) electrons. The van der Waals surface area contributed by atoms with Crippen LogP contribution in [-0.2, 0) is 4.79 Å². The number of amides is 1. The summed E-state index contributed by atoms with van der Waals surface area (Å²) in [6, 6.07) is 7.87. The molecule has 0 saturated heterocycles. The monoisotopic (exact) mass is 350 g/mol. The van der Waals surface area contributed by atoms with Gasteiger partial charge in [-0.3, -0.25) is 4.79 Å². The molecule has 6 rings (SSSR count). The van der Waals surface area contributed by atoms with Gasteiger partial charge in [-0.05, 0) is 88.3 Å². The molecule has 4 heteroatoms. The number of aryl methyl sites for hydroxylation is 2. The first-order valence-corrected chi connectivity index (χ1v) is 9.87. The fourth-order valence-corrected chi connectivity index (χ4v) is 5.98. The molecular formula is C22H26N2O2. The zero-order valence-electron chi connectivity index (χ0n) is 15.5. The zero-order chi connectivity index (χ0) is 17.9. The third-order valence-electron chi connectivity index (χ3n) is 6.92. The third kappa shape index (κ3) is 2.58. The SMILES string of the molecule is Cc1nc(-c2cccc(NC(=O)C34CC5CC(CC(C5)C3)C4)c2)oc1C. The van der Waals surface area contributed by atoms with Crippen LogP contribution in [0.25, 0.3) is 11.5 Å². The number of nitrogens with one attached hydrogen (secondary N) is 1. The number of rotatable bonds is 3. The van der Waals surface area contributed by atoms with E-state index in [-0.39, 0.29) is 11.3 Å². The molecule has 1 N–H and O–H groups in total. The van der Waals surface area contributed by atoms with Crippen LogP contribution in [0, 0.1) is 37.0 Å². The van der Waals surface area contributed by atoms with Crippen molar-refractivity contribution in [1.82, 2.24) is 4.98 Å². The van der Waals surface area contributed by atoms with Crippen LogP contribution in [0.3, 0.4) is 0 Å². The van der Waals surface area contributed by atoms with E-state index in [4.69, 9.17) is 4.42 Å². The Hall–Kier alpha value is -2.10. The second kappa shape index (κ2) is 5.70. The van der Waals surface area contributed by atoms with Gasteiger partial charge in [0.1, 0.15) is 5.76 Å². The highest BCUT2D eigenvalue weighted by molar-refractivity contribution is 5.96. The van der Waals surface area contributed by atoms with E-state index >= 15 is 0 Å². The first kappa shape index (κ1) is 16.1. The predicted molar refractivity (Wildman–Crippen MR) is 101 cm³/mol. The smallest absolute Gasteiger partial charge is 0.230 e. The average molecular weight is 350 g/mol. The van der Waals surface area contributed by atoms with E-state index in [9.17, 15) is 4.79 Å². The highest BCUT2D eigenvalue weighted by Gasteiger charge is 2.54. The Balaban J connectivity index is 1.38. The number of anilines is 1. The summed E-state index contributed by atoms with van der Waals surface area (Å²) >= 11 is 0. The lowest BCUT2D eigenvalue weighted by atomic mass is 9.49. The first-order chi connectivity index (χ1) is 12.5. The van der Waals surface area contributed by atoms with Crippen molar-refractivity contribution in [1.29, 1.82) is 0 Å². The van der Waals surface area contributed by atoms with Crippen molar-refractivity contribution < 1.29 is 9.21 Å². The van der Waals surface area contributed by atoms with Gasteiger partial charge in [-0.25, -0.2) is 4.98 Å². The molecule has 0 spiro atoms. The standard InChI is InChI=1S/C22H26N2O2/c1-13-14(2)26-20(23-13)18-4-3-5-19(9-18)24-21(25)22-10-15-6-16(11-22)8-17(7-15)12-22/h3-5,9,15-17H,6-8,10-12H2,1-2H3,(H,24,25). The van der Waals surface area contributed by atoms with Crippen LogP contribution in [0.5, 0.6) is 0 Å². The van der Waals surface area contributed by atoms with Gasteiger partial charge >= 0.3 is 0 Å². The molecule has 0 unspecified atom stereocenters. The second-order valence-corrected chi connectivity index (χ2v) is 8.89. The summed E-state index contributed by atoms with van der Waals surface area (Å²) in [6.45, 7) is 3.87. The quantitative estimate of drug-likeness (QED) is 0.836. The van der Waals surface area contributed by atoms with E-state index < -0.39 is 0 Å². The van der Waals surface area contributed by atoms with Crippen LogP contribution in [-0.4, -0.2) is 10.9 Å². The van der Waals surface area contributed by atoms with E-state index in [1.807, 2.05) is 38.1 Å². The van der Waals surface area contributed by atoms with Crippen molar-refractivity contribution in [3.8, 4) is 11.5 Å². The van der Waals surface area contributed by atoms with Crippen molar-refractivity contribution in [2.45, 2.75) is 52.4 Å². The largest absolute Gasteiger partial charge is 0.441 e. The third-order valence-corrected chi connectivity index (χ3v) is 6.92. The predicted octanol–water partition coefficient (Wildman–Crippen LogP) is 5.11. The lowest BCUT2D eigenvalue weighted by Crippen LogP contribution is -2.51. The normalized spacial score (nSPS) is 32.0. The highest BCUT2D eigenvalue weighted by atomic mass is 16.4. The minimum Gasteiger partial charge on any atom is -0.441 e. The van der Waals surface area contributed by atoms with E-state index in [2.05, 4.69) is 10.3 Å². The van der Waals surface area contributed by atoms with Gasteiger partial charge in [0, 0.05) is 11.3 Å². The molecule has 26 heavy (non-hydrogen) atoms. The molecule has 1 aromatic heterocycles. The Bertz CT molecular complexity index is 812. The zero-order valence-corrected chi connectivity index (χ0v) is 15.5. The molecule has 0 atom stereocenters. The molecule has 4 bridgehead atoms. The van der Waals surface area contributed by atoms with Gasteiger partial charge in [0.05, 0.1) is 11.1 Å². The molecule has 0 aliphatic heterocycles. The van der Waals surface area contributed by atoms with Gasteiger partial charge in [0.25, 0.3) is 0 Å². The summed E-state index contributed by atoms with van der Waals surface area (Å²) in [7, 11) is 0. The number of benzene rings is 1. The maximum Gasteiger partial charge on any atom is 0.230 e. The van der Waals surface area contributed by atoms with E-state index in [0.29, 0.717) is 5.89 Å². The summed E-state index contributed by atoms with van der Waals surface area (Å²) in [4.78, 5) is 17.7. The molecule has 1 amide bonds. The van der Waals surface area contributed by atoms with Gasteiger partial charge in [-0.2, -0.15) is 0 Å². The van der Waals surface area contributed by atoms with Crippen LogP contribution < -0.4 is 5.32 Å². The Kier molecular flexibility index (Phi) is 3.53. The van der Waals surface area contributed by atoms with Crippen LogP contribution in [0.1, 0.15) is 50.0 Å². The average Bonchev–Trinajstić information content (AvgIpc) is 2.93. The maximum absolute atomic E-state index is 13.2. The van der Waals surface area contributed by atoms with Crippen LogP contribution in [0.15, 0.2) is 28.7 Å². The highest BCUT2D eigenvalue weighted by Crippen LogP contribution is 2.60. The fourth-order valence-electron chi connectivity index (χ4n) is 5.98. The second-order valence-electron chi connectivity index (χ2n) is 8.89. The number of aromatic nitrogens is 1. The van der Waals surface area contributed by atoms with Crippen molar-refractivity contribution in [2.75, 3.05) is 5.32 Å². The van der Waals surface area contributed by atoms with Gasteiger partial charge in [0.2, 0.25) is 11.8 Å². The first-order valence-electron chi connectivity index (χ1n) is 9.87. The molecular weight excluding hydrogens is 324 g/mol. The van der Waals surface area contributed by atoms with Crippen LogP contribution >= 0.6 is 0 Å². The lowest BCUT2D eigenvalue weighted by Gasteiger charge is -2.55. The van der Waals surface area contributed by atoms with Crippen molar-refractivity contribution in [3.05, 3.63) is 35.7 Å². The molecule has 4 aliphatic carbocycles. The van der Waals surface area contributed by atoms with Gasteiger partial charge in [0.15, 0.2) is 0 Å². The molecule has 2 aromatic rings. The molecule has 136 valence electrons. The summed E-state index contributed by atoms with van der Waals surface area (Å²) in [5.74, 6) is 4.01. The molecule has 4 nitrogen and oxygen atoms in total. The van der Waals surface area contributed by atoms with Crippen molar-refractivity contribution in [3.63, 3.8) is 0 Å². The number of hydrogen-bond donors (Lipinski definition) is 1. The Morgan fingerprint density at radius 3 is 2.35 bits per heavy atom. The Morgan fingerprint density at radius 1 is 1.12 bits per heavy atom. The Morgan fingerprint density at radius 2 is 1.77 bits per heavy atom. The topological polar surface area (TPSA) is 55.1 Å². The van der Waals surface area contributed by atoms with Crippen molar-refractivity contribution >= 4 is 11.6 Å². The Labute approximate surface area is 154 Å². The van der Waals surface area contributed by atoms with Gasteiger partial charge in [-0.15, -0.1) is 0 Å². The number of carbonyl (C=O) groups excluding carboxylic acids is 1. The summed E-state index contributed by atoms with van der Waals surface area (Å²) in [5.41, 5.74) is 2.53. The van der Waals surface area contributed by atoms with E-state index in [1.54, 1.807) is 0 Å². The summed E-state index contributed by atoms with van der Waals surface area (Å²) in [6.07, 6.45) is 7.31. The lowest BCUT2D eigenvalue weighted by molar-refractivity contribution is -0.140. The molecule has 1 heterocycles. The number of nitrogens with zero attached hydrogens (tertiary/aromatic N) is 1. The molecule has 4 fully saturated rings. The minimum atomic E-state index is -0.124. The van der Waals surface area contributed by atoms with Crippen molar-refractivity contribution in [2.24, 2.45) is 23.2 Å². The van der Waals surface area contributed by atoms with Gasteiger partial charge < -0.3 is 9.73 Å². The van der Waals surface area contributed by atoms with E-state index in [1.165, 1.54) is 19.3 Å². The molecule has 4 saturated carbocycles. The van der Waals surface area contributed by atoms with Crippen LogP contribution in [0.4, 0.5) is 5.69 Å². The summed E-state index contributed by atoms with van der Waals surface area (Å²) in [5, 5.41) is 3.22. The molecule has 4 aliphatic rings.